The first-order valence-corrected chi connectivity index (χ1v) is 19.7. The molecule has 0 radical (unpaired) electrons. The van der Waals surface area contributed by atoms with Gasteiger partial charge in [-0.3, -0.25) is 19.2 Å². The van der Waals surface area contributed by atoms with Crippen molar-refractivity contribution in [2.75, 3.05) is 34.9 Å². The number of likely N-dealkylation sites (N-methyl/N-ethyl adjacent to an activating group) is 2. The number of H-pyrrole nitrogens is 1. The molecule has 10 atom stereocenters. The Balaban J connectivity index is 1.82. The van der Waals surface area contributed by atoms with Gasteiger partial charge in [0.25, 0.3) is 0 Å². The van der Waals surface area contributed by atoms with Gasteiger partial charge >= 0.3 is 0 Å². The molecule has 1 fully saturated rings. The van der Waals surface area contributed by atoms with Gasteiger partial charge in [-0.25, -0.2) is 0 Å². The van der Waals surface area contributed by atoms with Gasteiger partial charge < -0.3 is 29.9 Å². The third kappa shape index (κ3) is 11.8. The molecular weight excluding hydrogens is 718 g/mol. The number of nitrogens with one attached hydrogen (secondary N) is 3. The van der Waals surface area contributed by atoms with Gasteiger partial charge in [0.1, 0.15) is 11.8 Å². The van der Waals surface area contributed by atoms with Crippen LogP contribution in [0.3, 0.4) is 0 Å². The second kappa shape index (κ2) is 22.3. The molecule has 1 aliphatic rings. The summed E-state index contributed by atoms with van der Waals surface area (Å²) < 4.78 is 12.0. The molecular formula is C39H63N11O6. The first-order chi connectivity index (χ1) is 26.7. The first kappa shape index (κ1) is 45.9. The number of rotatable bonds is 23. The third-order valence-corrected chi connectivity index (χ3v) is 11.4. The number of Topliss-reactive ketones (excluding diaryl/α,β-unsaturated/α-hetero) is 1. The lowest BCUT2D eigenvalue weighted by molar-refractivity contribution is -0.147. The van der Waals surface area contributed by atoms with E-state index in [4.69, 9.17) is 9.47 Å². The molecule has 0 aliphatic carbocycles. The van der Waals surface area contributed by atoms with Gasteiger partial charge in [-0.15, -0.1) is 10.2 Å². The van der Waals surface area contributed by atoms with Crippen LogP contribution in [0, 0.1) is 17.8 Å². The van der Waals surface area contributed by atoms with Crippen molar-refractivity contribution in [2.45, 2.75) is 128 Å². The molecule has 0 saturated carbocycles. The standard InChI is InChI=1S/C39H63N11O6/c1-11-24(4)35(49(8)39(54)34(26(6)43-46-40)42-38(53)33(41-7)23(2)3)31(55-9)22-32(52)50-19-15-18-29(50)36(56-10)25(5)30(51)21-28(37-44-47-48-45-37)20-27-16-13-12-14-17-27/h12-14,16-17,23-26,28-29,31,33-36,41H,11,15,18-22H2,1-10H3,(H,42,53)(H,44,45,47,48)/t24-,25-,26-,28+,29-,31+,33-,34-,35-,36+/m0/s1. The molecule has 1 aromatic carbocycles. The quantitative estimate of drug-likeness (QED) is 0.0840. The van der Waals surface area contributed by atoms with Crippen molar-refractivity contribution in [1.82, 2.24) is 41.1 Å². The van der Waals surface area contributed by atoms with Crippen LogP contribution < -0.4 is 10.6 Å². The minimum Gasteiger partial charge on any atom is -0.379 e. The highest BCUT2D eigenvalue weighted by Gasteiger charge is 2.43. The molecule has 17 heteroatoms. The summed E-state index contributed by atoms with van der Waals surface area (Å²) in [7, 11) is 6.38. The van der Waals surface area contributed by atoms with E-state index in [-0.39, 0.29) is 48.3 Å². The van der Waals surface area contributed by atoms with Gasteiger partial charge in [0.15, 0.2) is 5.82 Å². The molecule has 3 amide bonds. The average Bonchev–Trinajstić information content (AvgIpc) is 3.90. The molecule has 17 nitrogen and oxygen atoms in total. The minimum atomic E-state index is -1.16. The third-order valence-electron chi connectivity index (χ3n) is 11.4. The molecule has 1 aromatic heterocycles. The second-order valence-electron chi connectivity index (χ2n) is 15.4. The molecule has 1 saturated heterocycles. The molecule has 310 valence electrons. The fraction of sp³-hybridized carbons (Fsp3) is 0.718. The minimum absolute atomic E-state index is 0.0281. The summed E-state index contributed by atoms with van der Waals surface area (Å²) in [6.07, 6.45) is 1.49. The van der Waals surface area contributed by atoms with Crippen LogP contribution in [0.1, 0.15) is 91.0 Å². The van der Waals surface area contributed by atoms with Gasteiger partial charge in [0, 0.05) is 51.0 Å². The average molecular weight is 782 g/mol. The molecule has 3 N–H and O–H groups in total. The molecule has 56 heavy (non-hydrogen) atoms. The number of hydrogen-bond donors (Lipinski definition) is 3. The number of methoxy groups -OCH3 is 2. The zero-order chi connectivity index (χ0) is 41.5. The number of benzene rings is 1. The van der Waals surface area contributed by atoms with Crippen molar-refractivity contribution in [1.29, 1.82) is 0 Å². The van der Waals surface area contributed by atoms with E-state index in [9.17, 15) is 24.7 Å². The van der Waals surface area contributed by atoms with Gasteiger partial charge in [-0.1, -0.05) is 88.6 Å². The number of aromatic amines is 1. The number of tetrazole rings is 1. The number of amides is 3. The van der Waals surface area contributed by atoms with E-state index in [0.717, 1.165) is 12.0 Å². The van der Waals surface area contributed by atoms with Crippen molar-refractivity contribution in [3.8, 4) is 0 Å². The van der Waals surface area contributed by atoms with E-state index in [1.807, 2.05) is 65.0 Å². The number of carbonyl (C=O) groups excluding carboxylic acids is 4. The number of aromatic nitrogens is 4. The van der Waals surface area contributed by atoms with Gasteiger partial charge in [0.05, 0.1) is 42.8 Å². The number of nitrogens with zero attached hydrogens (tertiary/aromatic N) is 8. The summed E-state index contributed by atoms with van der Waals surface area (Å²) in [5.41, 5.74) is 10.3. The maximum Gasteiger partial charge on any atom is 0.245 e. The van der Waals surface area contributed by atoms with Crippen LogP contribution >= 0.6 is 0 Å². The largest absolute Gasteiger partial charge is 0.379 e. The Hall–Kier alpha value is -4.44. The molecule has 2 heterocycles. The zero-order valence-electron chi connectivity index (χ0n) is 34.7. The SMILES string of the molecule is CC[C@H](C)[C@@H]([C@@H](CC(=O)N1CCC[C@H]1[C@H](OC)[C@@H](C)C(=O)C[C@@H](Cc1ccccc1)c1nn[nH]n1)OC)N(C)C(=O)[C@@H](NC(=O)[C@@H](NC)C(C)C)[C@H](C)N=[N+]=[N-]. The van der Waals surface area contributed by atoms with E-state index in [1.54, 1.807) is 33.0 Å². The monoisotopic (exact) mass is 781 g/mol. The van der Waals surface area contributed by atoms with Crippen LogP contribution in [0.25, 0.3) is 10.4 Å². The fourth-order valence-corrected chi connectivity index (χ4v) is 8.03. The summed E-state index contributed by atoms with van der Waals surface area (Å²) in [4.78, 5) is 62.0. The van der Waals surface area contributed by atoms with Crippen LogP contribution in [0.15, 0.2) is 35.4 Å². The normalized spacial score (nSPS) is 19.1. The smallest absolute Gasteiger partial charge is 0.245 e. The van der Waals surface area contributed by atoms with Gasteiger partial charge in [-0.05, 0) is 49.2 Å². The lowest BCUT2D eigenvalue weighted by Gasteiger charge is -2.41. The number of ketones is 1. The zero-order valence-corrected chi connectivity index (χ0v) is 34.7. The van der Waals surface area contributed by atoms with Crippen LogP contribution in [0.4, 0.5) is 0 Å². The summed E-state index contributed by atoms with van der Waals surface area (Å²) in [6, 6.07) is 6.28. The Morgan fingerprint density at radius 3 is 2.32 bits per heavy atom. The molecule has 3 rings (SSSR count). The number of hydrogen-bond acceptors (Lipinski definition) is 11. The fourth-order valence-electron chi connectivity index (χ4n) is 8.03. The highest BCUT2D eigenvalue weighted by atomic mass is 16.5. The highest BCUT2D eigenvalue weighted by molar-refractivity contribution is 5.90. The Morgan fingerprint density at radius 1 is 1.07 bits per heavy atom. The maximum absolute atomic E-state index is 14.3. The Bertz CT molecular complexity index is 1590. The summed E-state index contributed by atoms with van der Waals surface area (Å²) in [6.45, 7) is 11.7. The summed E-state index contributed by atoms with van der Waals surface area (Å²) in [5, 5.41) is 24.2. The maximum atomic E-state index is 14.3. The van der Waals surface area contributed by atoms with E-state index in [0.29, 0.717) is 31.6 Å². The van der Waals surface area contributed by atoms with Crippen molar-refractivity contribution in [3.63, 3.8) is 0 Å². The van der Waals surface area contributed by atoms with Crippen molar-refractivity contribution in [2.24, 2.45) is 22.9 Å². The molecule has 1 aliphatic heterocycles. The van der Waals surface area contributed by atoms with Crippen LogP contribution in [-0.2, 0) is 35.1 Å². The predicted octanol–water partition coefficient (Wildman–Crippen LogP) is 3.83. The lowest BCUT2D eigenvalue weighted by atomic mass is 9.85. The van der Waals surface area contributed by atoms with Gasteiger partial charge in [-0.2, -0.15) is 5.21 Å². The Labute approximate surface area is 331 Å². The van der Waals surface area contributed by atoms with Gasteiger partial charge in [0.2, 0.25) is 17.7 Å². The molecule has 2 aromatic rings. The first-order valence-electron chi connectivity index (χ1n) is 19.7. The molecule has 0 unspecified atom stereocenters. The Kier molecular flexibility index (Phi) is 18.3. The van der Waals surface area contributed by atoms with Crippen molar-refractivity contribution in [3.05, 3.63) is 52.2 Å². The number of ether oxygens (including phenoxy) is 2. The Morgan fingerprint density at radius 2 is 1.77 bits per heavy atom. The number of likely N-dealkylation sites (tertiary alicyclic amines) is 1. The van der Waals surface area contributed by atoms with Crippen molar-refractivity contribution < 1.29 is 28.7 Å². The van der Waals surface area contributed by atoms with E-state index in [1.165, 1.54) is 12.0 Å². The van der Waals surface area contributed by atoms with Crippen LogP contribution in [0.5, 0.6) is 0 Å². The lowest BCUT2D eigenvalue weighted by Crippen LogP contribution is -2.60. The van der Waals surface area contributed by atoms with E-state index < -0.39 is 54.1 Å². The van der Waals surface area contributed by atoms with E-state index in [2.05, 4.69) is 41.3 Å². The van der Waals surface area contributed by atoms with E-state index >= 15 is 0 Å². The van der Waals surface area contributed by atoms with Crippen molar-refractivity contribution >= 4 is 23.5 Å². The topological polar surface area (TPSA) is 221 Å². The number of carbonyl (C=O) groups is 4. The summed E-state index contributed by atoms with van der Waals surface area (Å²) >= 11 is 0. The highest BCUT2D eigenvalue weighted by Crippen LogP contribution is 2.32. The molecule has 0 spiro atoms. The second-order valence-corrected chi connectivity index (χ2v) is 15.4. The van der Waals surface area contributed by atoms with Crippen LogP contribution in [-0.4, -0.2) is 131 Å². The van der Waals surface area contributed by atoms with Crippen LogP contribution in [0.2, 0.25) is 0 Å². The predicted molar refractivity (Wildman–Crippen MR) is 211 cm³/mol. The molecule has 0 bridgehead atoms. The summed E-state index contributed by atoms with van der Waals surface area (Å²) in [5.74, 6) is -1.62. The number of azide groups is 1.